The summed E-state index contributed by atoms with van der Waals surface area (Å²) in [7, 11) is 1.63. The van der Waals surface area contributed by atoms with Gasteiger partial charge in [-0.1, -0.05) is 6.92 Å². The van der Waals surface area contributed by atoms with E-state index in [1.807, 2.05) is 0 Å². The molecule has 50 valence electrons. The first-order valence-electron chi connectivity index (χ1n) is 2.69. The van der Waals surface area contributed by atoms with Gasteiger partial charge in [-0.25, -0.2) is 0 Å². The van der Waals surface area contributed by atoms with E-state index in [1.54, 1.807) is 7.05 Å². The van der Waals surface area contributed by atoms with Crippen LogP contribution in [-0.2, 0) is 0 Å². The molecule has 0 aromatic rings. The van der Waals surface area contributed by atoms with E-state index in [1.165, 1.54) is 5.23 Å². The van der Waals surface area contributed by atoms with Gasteiger partial charge in [0.1, 0.15) is 0 Å². The highest BCUT2D eigenvalue weighted by atomic mass is 15.8. The van der Waals surface area contributed by atoms with Crippen molar-refractivity contribution in [1.29, 1.82) is 0 Å². The number of nitrogens with one attached hydrogen (secondary N) is 1. The normalized spacial score (nSPS) is 10.5. The van der Waals surface area contributed by atoms with Crippen molar-refractivity contribution in [3.8, 4) is 0 Å². The molecule has 0 bridgehead atoms. The molecule has 0 radical (unpaired) electrons. The zero-order chi connectivity index (χ0) is 6.41. The Balaban J connectivity index is 2.86. The zero-order valence-electron chi connectivity index (χ0n) is 5.39. The number of hydrazine groups is 2. The summed E-state index contributed by atoms with van der Waals surface area (Å²) < 4.78 is 0. The third-order valence-electron chi connectivity index (χ3n) is 0.739. The third kappa shape index (κ3) is 4.01. The van der Waals surface area contributed by atoms with Gasteiger partial charge in [0.15, 0.2) is 0 Å². The summed E-state index contributed by atoms with van der Waals surface area (Å²) in [6, 6.07) is 0. The van der Waals surface area contributed by atoms with Gasteiger partial charge >= 0.3 is 0 Å². The molecule has 0 rings (SSSR count). The monoisotopic (exact) mass is 117 g/mol. The van der Waals surface area contributed by atoms with Gasteiger partial charge in [-0.2, -0.15) is 0 Å². The number of hydrogen-bond acceptors (Lipinski definition) is 3. The van der Waals surface area contributed by atoms with Gasteiger partial charge in [0, 0.05) is 6.54 Å². The molecular weight excluding hydrogens is 104 g/mol. The van der Waals surface area contributed by atoms with Crippen molar-refractivity contribution >= 4 is 0 Å². The Morgan fingerprint density at radius 3 is 2.75 bits per heavy atom. The Morgan fingerprint density at radius 2 is 2.38 bits per heavy atom. The molecule has 0 heterocycles. The van der Waals surface area contributed by atoms with E-state index in [0.29, 0.717) is 0 Å². The molecule has 3 N–H and O–H groups in total. The lowest BCUT2D eigenvalue weighted by Crippen LogP contribution is -2.40. The van der Waals surface area contributed by atoms with Gasteiger partial charge in [0.25, 0.3) is 0 Å². The summed E-state index contributed by atoms with van der Waals surface area (Å²) in [5, 5.41) is 1.21. The van der Waals surface area contributed by atoms with Crippen molar-refractivity contribution in [3.63, 3.8) is 0 Å². The molecule has 4 nitrogen and oxygen atoms in total. The molecule has 0 aliphatic rings. The van der Waals surface area contributed by atoms with Gasteiger partial charge in [0.2, 0.25) is 0 Å². The predicted molar refractivity (Wildman–Crippen MR) is 33.6 cm³/mol. The van der Waals surface area contributed by atoms with E-state index in [0.717, 1.165) is 13.0 Å². The molecular formula is C4H13N4-. The van der Waals surface area contributed by atoms with Crippen molar-refractivity contribution in [3.05, 3.63) is 5.43 Å². The molecule has 8 heavy (non-hydrogen) atoms. The Labute approximate surface area is 49.9 Å². The van der Waals surface area contributed by atoms with E-state index in [9.17, 15) is 0 Å². The van der Waals surface area contributed by atoms with Crippen molar-refractivity contribution in [2.24, 2.45) is 5.84 Å². The first kappa shape index (κ1) is 7.84. The van der Waals surface area contributed by atoms with Gasteiger partial charge in [-0.05, 0) is 6.42 Å². The van der Waals surface area contributed by atoms with E-state index in [4.69, 9.17) is 5.84 Å². The highest BCUT2D eigenvalue weighted by molar-refractivity contribution is 4.55. The maximum absolute atomic E-state index is 5.21. The maximum Gasteiger partial charge on any atom is 0.00967 e. The summed E-state index contributed by atoms with van der Waals surface area (Å²) in [6.45, 7) is 2.93. The van der Waals surface area contributed by atoms with Gasteiger partial charge in [-0.3, -0.25) is 16.5 Å². The minimum absolute atomic E-state index is 0.869. The number of nitrogens with zero attached hydrogens (tertiary/aromatic N) is 2. The fourth-order valence-electron chi connectivity index (χ4n) is 0.297. The molecule has 0 spiro atoms. The first-order chi connectivity index (χ1) is 3.81. The smallest absolute Gasteiger partial charge is 0.00967 e. The molecule has 4 heteroatoms. The number of hydrogen-bond donors (Lipinski definition) is 2. The van der Waals surface area contributed by atoms with Gasteiger partial charge in [-0.15, -0.1) is 7.05 Å². The van der Waals surface area contributed by atoms with Crippen LogP contribution in [0.15, 0.2) is 0 Å². The lowest BCUT2D eigenvalue weighted by atomic mass is 10.5. The van der Waals surface area contributed by atoms with Crippen molar-refractivity contribution in [1.82, 2.24) is 10.7 Å². The first-order valence-corrected chi connectivity index (χ1v) is 2.69. The van der Waals surface area contributed by atoms with E-state index in [2.05, 4.69) is 17.8 Å². The fourth-order valence-corrected chi connectivity index (χ4v) is 0.297. The molecule has 0 aliphatic carbocycles. The topological polar surface area (TPSA) is 55.4 Å². The van der Waals surface area contributed by atoms with Gasteiger partial charge in [0.05, 0.1) is 0 Å². The Bertz CT molecular complexity index is 47.3. The van der Waals surface area contributed by atoms with E-state index in [-0.39, 0.29) is 0 Å². The molecule has 0 saturated heterocycles. The summed E-state index contributed by atoms with van der Waals surface area (Å²) in [4.78, 5) is 0. The van der Waals surface area contributed by atoms with Crippen molar-refractivity contribution in [2.75, 3.05) is 13.6 Å². The number of rotatable bonds is 4. The second kappa shape index (κ2) is 4.99. The predicted octanol–water partition coefficient (Wildman–Crippen LogP) is -0.00480. The quantitative estimate of drug-likeness (QED) is 0.402. The average Bonchev–Trinajstić information content (AvgIpc) is 1.83. The molecule has 0 aliphatic heterocycles. The molecule has 0 aromatic carbocycles. The van der Waals surface area contributed by atoms with Crippen LogP contribution >= 0.6 is 0 Å². The fraction of sp³-hybridized carbons (Fsp3) is 1.00. The molecule has 0 amide bonds. The van der Waals surface area contributed by atoms with Crippen LogP contribution in [0.5, 0.6) is 0 Å². The van der Waals surface area contributed by atoms with Crippen molar-refractivity contribution in [2.45, 2.75) is 13.3 Å². The second-order valence-electron chi connectivity index (χ2n) is 1.45. The molecule has 0 fully saturated rings. The number of nitrogens with two attached hydrogens (primary N) is 1. The van der Waals surface area contributed by atoms with Crippen LogP contribution in [0.2, 0.25) is 0 Å². The van der Waals surface area contributed by atoms with Crippen molar-refractivity contribution < 1.29 is 0 Å². The van der Waals surface area contributed by atoms with Crippen LogP contribution in [-0.4, -0.2) is 18.8 Å². The largest absolute Gasteiger partial charge is 0.567 e. The SMILES string of the molecule is CCCNN(N)[N-]C. The third-order valence-corrected chi connectivity index (χ3v) is 0.739. The highest BCUT2D eigenvalue weighted by Crippen LogP contribution is 1.77. The van der Waals surface area contributed by atoms with E-state index < -0.39 is 0 Å². The molecule has 0 saturated carbocycles. The Kier molecular flexibility index (Phi) is 4.89. The van der Waals surface area contributed by atoms with Crippen LogP contribution in [0, 0.1) is 0 Å². The minimum Gasteiger partial charge on any atom is -0.567 e. The zero-order valence-corrected chi connectivity index (χ0v) is 5.39. The Hall–Kier alpha value is -0.160. The summed E-state index contributed by atoms with van der Waals surface area (Å²) >= 11 is 0. The standard InChI is InChI=1S/C4H13N4/c1-3-4-7-8(5)6-2/h7H,3-5H2,1-2H3/q-1. The van der Waals surface area contributed by atoms with Crippen LogP contribution in [0.3, 0.4) is 0 Å². The molecule has 0 atom stereocenters. The summed E-state index contributed by atoms with van der Waals surface area (Å²) in [5.74, 6) is 5.21. The van der Waals surface area contributed by atoms with Crippen LogP contribution < -0.4 is 11.3 Å². The lowest BCUT2D eigenvalue weighted by molar-refractivity contribution is 0.258. The average molecular weight is 117 g/mol. The lowest BCUT2D eigenvalue weighted by Gasteiger charge is -2.28. The molecule has 0 unspecified atom stereocenters. The van der Waals surface area contributed by atoms with Gasteiger partial charge < -0.3 is 5.43 Å². The van der Waals surface area contributed by atoms with E-state index >= 15 is 0 Å². The summed E-state index contributed by atoms with van der Waals surface area (Å²) in [6.07, 6.45) is 1.06. The molecule has 0 aromatic heterocycles. The Morgan fingerprint density at radius 1 is 1.75 bits per heavy atom. The van der Waals surface area contributed by atoms with Crippen LogP contribution in [0.25, 0.3) is 5.43 Å². The van der Waals surface area contributed by atoms with Crippen LogP contribution in [0.1, 0.15) is 13.3 Å². The maximum atomic E-state index is 5.21. The minimum atomic E-state index is 0.869. The summed E-state index contributed by atoms with van der Waals surface area (Å²) in [5.41, 5.74) is 6.45. The highest BCUT2D eigenvalue weighted by Gasteiger charge is 1.77. The van der Waals surface area contributed by atoms with Crippen LogP contribution in [0.4, 0.5) is 0 Å². The second-order valence-corrected chi connectivity index (χ2v) is 1.45.